The molecular weight excluding hydrogens is 328 g/mol. The largest absolute Gasteiger partial charge is 0.339 e. The number of sulfonamides is 1. The zero-order chi connectivity index (χ0) is 17.2. The lowest BCUT2D eigenvalue weighted by Crippen LogP contribution is -2.39. The van der Waals surface area contributed by atoms with Crippen LogP contribution in [0.3, 0.4) is 0 Å². The maximum atomic E-state index is 12.8. The molecule has 0 N–H and O–H groups in total. The van der Waals surface area contributed by atoms with Crippen molar-refractivity contribution in [3.8, 4) is 6.07 Å². The SMILES string of the molecule is CCc1nc([C@@H]2CCCN(S(=O)(=O)c3ccc(C#N)cc3)C2)no1. The van der Waals surface area contributed by atoms with E-state index in [-0.39, 0.29) is 10.8 Å². The fourth-order valence-corrected chi connectivity index (χ4v) is 4.32. The zero-order valence-electron chi connectivity index (χ0n) is 13.3. The highest BCUT2D eigenvalue weighted by molar-refractivity contribution is 7.89. The summed E-state index contributed by atoms with van der Waals surface area (Å²) in [6, 6.07) is 7.96. The number of rotatable bonds is 4. The Hall–Kier alpha value is -2.24. The lowest BCUT2D eigenvalue weighted by Gasteiger charge is -2.30. The molecule has 1 atom stereocenters. The average Bonchev–Trinajstić information content (AvgIpc) is 3.11. The Morgan fingerprint density at radius 3 is 2.75 bits per heavy atom. The molecule has 1 aromatic heterocycles. The molecule has 2 heterocycles. The van der Waals surface area contributed by atoms with Gasteiger partial charge in [0.25, 0.3) is 0 Å². The van der Waals surface area contributed by atoms with E-state index in [4.69, 9.17) is 9.78 Å². The van der Waals surface area contributed by atoms with Gasteiger partial charge in [0.15, 0.2) is 5.82 Å². The first-order valence-electron chi connectivity index (χ1n) is 7.87. The van der Waals surface area contributed by atoms with Crippen LogP contribution in [0.4, 0.5) is 0 Å². The van der Waals surface area contributed by atoms with Gasteiger partial charge in [-0.15, -0.1) is 0 Å². The van der Waals surface area contributed by atoms with Crippen molar-refractivity contribution < 1.29 is 12.9 Å². The van der Waals surface area contributed by atoms with Crippen molar-refractivity contribution in [2.24, 2.45) is 0 Å². The van der Waals surface area contributed by atoms with Gasteiger partial charge in [0.1, 0.15) is 0 Å². The summed E-state index contributed by atoms with van der Waals surface area (Å²) >= 11 is 0. The van der Waals surface area contributed by atoms with Crippen molar-refractivity contribution in [3.05, 3.63) is 41.5 Å². The summed E-state index contributed by atoms with van der Waals surface area (Å²) < 4.78 is 32.2. The van der Waals surface area contributed by atoms with Crippen molar-refractivity contribution in [3.63, 3.8) is 0 Å². The standard InChI is InChI=1S/C16H18N4O3S/c1-2-15-18-16(19-23-15)13-4-3-9-20(11-13)24(21,22)14-7-5-12(10-17)6-8-14/h5-8,13H,2-4,9,11H2,1H3/t13-/m1/s1. The Labute approximate surface area is 141 Å². The molecule has 3 rings (SSSR count). The summed E-state index contributed by atoms with van der Waals surface area (Å²) in [4.78, 5) is 4.53. The summed E-state index contributed by atoms with van der Waals surface area (Å²) in [6.07, 6.45) is 2.24. The lowest BCUT2D eigenvalue weighted by molar-refractivity contribution is 0.300. The Balaban J connectivity index is 1.81. The Morgan fingerprint density at radius 2 is 2.12 bits per heavy atom. The Kier molecular flexibility index (Phi) is 4.64. The van der Waals surface area contributed by atoms with E-state index in [2.05, 4.69) is 10.1 Å². The lowest BCUT2D eigenvalue weighted by atomic mass is 9.99. The first kappa shape index (κ1) is 16.6. The van der Waals surface area contributed by atoms with Crippen molar-refractivity contribution in [1.82, 2.24) is 14.4 Å². The first-order chi connectivity index (χ1) is 11.5. The van der Waals surface area contributed by atoms with Crippen LogP contribution in [0.25, 0.3) is 0 Å². The highest BCUT2D eigenvalue weighted by Crippen LogP contribution is 2.29. The van der Waals surface area contributed by atoms with E-state index in [0.29, 0.717) is 36.8 Å². The van der Waals surface area contributed by atoms with Crippen molar-refractivity contribution in [2.75, 3.05) is 13.1 Å². The Morgan fingerprint density at radius 1 is 1.38 bits per heavy atom. The highest BCUT2D eigenvalue weighted by atomic mass is 32.2. The number of benzene rings is 1. The number of aryl methyl sites for hydroxylation is 1. The van der Waals surface area contributed by atoms with Gasteiger partial charge in [0.05, 0.1) is 16.5 Å². The molecule has 126 valence electrons. The van der Waals surface area contributed by atoms with Gasteiger partial charge in [-0.3, -0.25) is 0 Å². The number of aromatic nitrogens is 2. The van der Waals surface area contributed by atoms with E-state index in [1.807, 2.05) is 13.0 Å². The summed E-state index contributed by atoms with van der Waals surface area (Å²) in [5.41, 5.74) is 0.435. The number of nitrogens with zero attached hydrogens (tertiary/aromatic N) is 4. The molecule has 1 aliphatic heterocycles. The van der Waals surface area contributed by atoms with E-state index in [1.165, 1.54) is 28.6 Å². The quantitative estimate of drug-likeness (QED) is 0.840. The molecule has 1 aromatic carbocycles. The summed E-state index contributed by atoms with van der Waals surface area (Å²) in [5.74, 6) is 1.08. The monoisotopic (exact) mass is 346 g/mol. The van der Waals surface area contributed by atoms with Crippen LogP contribution in [0.15, 0.2) is 33.7 Å². The van der Waals surface area contributed by atoms with Crippen LogP contribution in [-0.4, -0.2) is 36.0 Å². The molecule has 24 heavy (non-hydrogen) atoms. The van der Waals surface area contributed by atoms with Crippen LogP contribution >= 0.6 is 0 Å². The second-order valence-corrected chi connectivity index (χ2v) is 7.68. The number of hydrogen-bond acceptors (Lipinski definition) is 6. The average molecular weight is 346 g/mol. The number of nitriles is 1. The summed E-state index contributed by atoms with van der Waals surface area (Å²) in [7, 11) is -3.59. The van der Waals surface area contributed by atoms with Gasteiger partial charge in [-0.25, -0.2) is 8.42 Å². The summed E-state index contributed by atoms with van der Waals surface area (Å²) in [5, 5.41) is 12.8. The minimum Gasteiger partial charge on any atom is -0.339 e. The van der Waals surface area contributed by atoms with Gasteiger partial charge < -0.3 is 4.52 Å². The van der Waals surface area contributed by atoms with Crippen LogP contribution < -0.4 is 0 Å². The van der Waals surface area contributed by atoms with Crippen molar-refractivity contribution in [2.45, 2.75) is 37.0 Å². The molecule has 1 fully saturated rings. The number of hydrogen-bond donors (Lipinski definition) is 0. The van der Waals surface area contributed by atoms with E-state index >= 15 is 0 Å². The van der Waals surface area contributed by atoms with Crippen LogP contribution in [0.5, 0.6) is 0 Å². The normalized spacial score (nSPS) is 19.1. The summed E-state index contributed by atoms with van der Waals surface area (Å²) in [6.45, 7) is 2.74. The van der Waals surface area contributed by atoms with Gasteiger partial charge in [-0.1, -0.05) is 12.1 Å². The third-order valence-corrected chi connectivity index (χ3v) is 6.04. The molecule has 0 aliphatic carbocycles. The third kappa shape index (κ3) is 3.18. The minimum absolute atomic E-state index is 0.0593. The smallest absolute Gasteiger partial charge is 0.243 e. The van der Waals surface area contributed by atoms with E-state index in [9.17, 15) is 8.42 Å². The maximum absolute atomic E-state index is 12.8. The van der Waals surface area contributed by atoms with E-state index in [1.54, 1.807) is 0 Å². The molecule has 2 aromatic rings. The predicted molar refractivity (Wildman–Crippen MR) is 85.6 cm³/mol. The second kappa shape index (κ2) is 6.71. The minimum atomic E-state index is -3.59. The molecule has 0 bridgehead atoms. The molecule has 0 spiro atoms. The Bertz CT molecular complexity index is 852. The van der Waals surface area contributed by atoms with E-state index in [0.717, 1.165) is 12.8 Å². The van der Waals surface area contributed by atoms with Gasteiger partial charge in [0.2, 0.25) is 15.9 Å². The van der Waals surface area contributed by atoms with Gasteiger partial charge in [-0.05, 0) is 37.1 Å². The molecule has 0 amide bonds. The molecule has 1 aliphatic rings. The fraction of sp³-hybridized carbons (Fsp3) is 0.438. The zero-order valence-corrected chi connectivity index (χ0v) is 14.2. The van der Waals surface area contributed by atoms with Gasteiger partial charge in [-0.2, -0.15) is 14.6 Å². The predicted octanol–water partition coefficient (Wildman–Crippen LogP) is 2.07. The topological polar surface area (TPSA) is 100 Å². The number of piperidine rings is 1. The van der Waals surface area contributed by atoms with Gasteiger partial charge in [0, 0.05) is 25.4 Å². The molecule has 0 radical (unpaired) electrons. The van der Waals surface area contributed by atoms with Gasteiger partial charge >= 0.3 is 0 Å². The molecule has 0 saturated carbocycles. The molecule has 8 heteroatoms. The fourth-order valence-electron chi connectivity index (χ4n) is 2.80. The molecule has 1 saturated heterocycles. The van der Waals surface area contributed by atoms with Crippen LogP contribution in [0.1, 0.15) is 43.0 Å². The van der Waals surface area contributed by atoms with Crippen LogP contribution in [0, 0.1) is 11.3 Å². The van der Waals surface area contributed by atoms with Crippen LogP contribution in [0.2, 0.25) is 0 Å². The highest BCUT2D eigenvalue weighted by Gasteiger charge is 2.32. The molecular formula is C16H18N4O3S. The second-order valence-electron chi connectivity index (χ2n) is 5.74. The first-order valence-corrected chi connectivity index (χ1v) is 9.31. The molecule has 7 nitrogen and oxygen atoms in total. The van der Waals surface area contributed by atoms with Crippen LogP contribution in [-0.2, 0) is 16.4 Å². The van der Waals surface area contributed by atoms with Crippen molar-refractivity contribution >= 4 is 10.0 Å². The van der Waals surface area contributed by atoms with Crippen molar-refractivity contribution in [1.29, 1.82) is 5.26 Å². The molecule has 0 unspecified atom stereocenters. The van der Waals surface area contributed by atoms with E-state index < -0.39 is 10.0 Å². The maximum Gasteiger partial charge on any atom is 0.243 e. The third-order valence-electron chi connectivity index (χ3n) is 4.16.